The first kappa shape index (κ1) is 18.2. The Morgan fingerprint density at radius 1 is 1.35 bits per heavy atom. The molecule has 0 aromatic rings. The van der Waals surface area contributed by atoms with Crippen molar-refractivity contribution in [2.24, 2.45) is 35.0 Å². The van der Waals surface area contributed by atoms with Gasteiger partial charge in [0.1, 0.15) is 5.78 Å². The number of Topliss-reactive ketones (excluding diaryl/α,β-unsaturated/α-hetero) is 1. The quantitative estimate of drug-likeness (QED) is 0.765. The first-order valence-corrected chi connectivity index (χ1v) is 9.87. The monoisotopic (exact) mass is 362 g/mol. The number of aliphatic hydroxyl groups is 1. The van der Waals surface area contributed by atoms with E-state index in [1.807, 2.05) is 26.8 Å². The second-order valence-corrected chi connectivity index (χ2v) is 9.54. The van der Waals surface area contributed by atoms with Crippen molar-refractivity contribution in [3.8, 4) is 0 Å². The van der Waals surface area contributed by atoms with Crippen LogP contribution in [0.15, 0.2) is 11.6 Å². The number of esters is 1. The number of carbonyl (C=O) groups is 2. The van der Waals surface area contributed by atoms with E-state index in [0.29, 0.717) is 17.9 Å². The van der Waals surface area contributed by atoms with E-state index in [-0.39, 0.29) is 23.5 Å². The maximum atomic E-state index is 13.5. The molecule has 0 radical (unpaired) electrons. The molecule has 144 valence electrons. The minimum Gasteiger partial charge on any atom is -0.466 e. The summed E-state index contributed by atoms with van der Waals surface area (Å²) in [6.45, 7) is 8.13. The van der Waals surface area contributed by atoms with Crippen LogP contribution in [0.5, 0.6) is 0 Å². The molecule has 3 aliphatic carbocycles. The molecule has 1 saturated heterocycles. The lowest BCUT2D eigenvalue weighted by molar-refractivity contribution is -0.272. The summed E-state index contributed by atoms with van der Waals surface area (Å²) in [6.07, 6.45) is 4.89. The van der Waals surface area contributed by atoms with Crippen LogP contribution in [0, 0.1) is 35.0 Å². The average molecular weight is 362 g/mol. The number of hydrogen-bond acceptors (Lipinski definition) is 5. The highest BCUT2D eigenvalue weighted by Crippen LogP contribution is 2.71. The first-order chi connectivity index (χ1) is 12.1. The summed E-state index contributed by atoms with van der Waals surface area (Å²) >= 11 is 0. The molecular formula is C21H30O5. The van der Waals surface area contributed by atoms with Gasteiger partial charge in [-0.25, -0.2) is 4.79 Å². The highest BCUT2D eigenvalue weighted by Gasteiger charge is 2.77. The standard InChI is InChI=1S/C21H30O5/c1-11(2)13-10-21(24)19(4)15-7-6-12(3)8-20(15,26-21)9-14(18(23)25-5)16(19)17(13)22/h9,11-13,15-16,24H,6-8,10H2,1-5H3/t12-,13+,15+,16+,19+,20+,21-/m1/s1. The van der Waals surface area contributed by atoms with Gasteiger partial charge in [0.15, 0.2) is 5.79 Å². The molecule has 5 heteroatoms. The number of hydrogen-bond donors (Lipinski definition) is 1. The van der Waals surface area contributed by atoms with Gasteiger partial charge in [-0.05, 0) is 30.8 Å². The summed E-state index contributed by atoms with van der Waals surface area (Å²) in [7, 11) is 1.35. The number of ketones is 1. The van der Waals surface area contributed by atoms with Gasteiger partial charge in [0.2, 0.25) is 0 Å². The van der Waals surface area contributed by atoms with E-state index in [1.165, 1.54) is 7.11 Å². The predicted octanol–water partition coefficient (Wildman–Crippen LogP) is 2.86. The summed E-state index contributed by atoms with van der Waals surface area (Å²) in [6, 6.07) is 0. The first-order valence-electron chi connectivity index (χ1n) is 9.87. The van der Waals surface area contributed by atoms with Crippen molar-refractivity contribution in [2.45, 2.75) is 64.8 Å². The second-order valence-electron chi connectivity index (χ2n) is 9.54. The van der Waals surface area contributed by atoms with Crippen LogP contribution in [0.3, 0.4) is 0 Å². The van der Waals surface area contributed by atoms with Crippen LogP contribution < -0.4 is 0 Å². The lowest BCUT2D eigenvalue weighted by atomic mass is 9.46. The summed E-state index contributed by atoms with van der Waals surface area (Å²) in [5.74, 6) is -2.20. The largest absolute Gasteiger partial charge is 0.466 e. The van der Waals surface area contributed by atoms with Crippen molar-refractivity contribution in [3.63, 3.8) is 0 Å². The van der Waals surface area contributed by atoms with Crippen molar-refractivity contribution >= 4 is 11.8 Å². The van der Waals surface area contributed by atoms with Crippen molar-refractivity contribution in [2.75, 3.05) is 7.11 Å². The van der Waals surface area contributed by atoms with Gasteiger partial charge in [0.05, 0.1) is 18.6 Å². The molecule has 0 aromatic heterocycles. The average Bonchev–Trinajstić information content (AvgIpc) is 2.72. The Bertz CT molecular complexity index is 697. The zero-order valence-corrected chi connectivity index (χ0v) is 16.4. The Balaban J connectivity index is 1.95. The molecule has 0 amide bonds. The number of ether oxygens (including phenoxy) is 2. The second kappa shape index (κ2) is 5.41. The van der Waals surface area contributed by atoms with E-state index in [1.54, 1.807) is 0 Å². The third kappa shape index (κ3) is 1.99. The van der Waals surface area contributed by atoms with Gasteiger partial charge in [0, 0.05) is 29.2 Å². The van der Waals surface area contributed by atoms with Crippen LogP contribution in [0.2, 0.25) is 0 Å². The van der Waals surface area contributed by atoms with E-state index in [9.17, 15) is 14.7 Å². The lowest BCUT2D eigenvalue weighted by Crippen LogP contribution is -2.62. The van der Waals surface area contributed by atoms with Crippen molar-refractivity contribution < 1.29 is 24.2 Å². The van der Waals surface area contributed by atoms with Crippen LogP contribution in [-0.2, 0) is 19.1 Å². The van der Waals surface area contributed by atoms with E-state index in [0.717, 1.165) is 19.3 Å². The summed E-state index contributed by atoms with van der Waals surface area (Å²) in [4.78, 5) is 26.1. The predicted molar refractivity (Wildman–Crippen MR) is 94.9 cm³/mol. The molecule has 3 fully saturated rings. The highest BCUT2D eigenvalue weighted by molar-refractivity contribution is 6.00. The molecule has 4 aliphatic rings. The Hall–Kier alpha value is -1.20. The lowest BCUT2D eigenvalue weighted by Gasteiger charge is -2.54. The van der Waals surface area contributed by atoms with Gasteiger partial charge in [0.25, 0.3) is 0 Å². The van der Waals surface area contributed by atoms with Crippen LogP contribution >= 0.6 is 0 Å². The number of rotatable bonds is 2. The van der Waals surface area contributed by atoms with Crippen molar-refractivity contribution in [3.05, 3.63) is 11.6 Å². The molecule has 7 atom stereocenters. The summed E-state index contributed by atoms with van der Waals surface area (Å²) < 4.78 is 11.5. The molecule has 5 nitrogen and oxygen atoms in total. The molecule has 1 N–H and O–H groups in total. The van der Waals surface area contributed by atoms with E-state index < -0.39 is 28.7 Å². The van der Waals surface area contributed by atoms with E-state index in [2.05, 4.69) is 6.92 Å². The number of methoxy groups -OCH3 is 1. The minimum absolute atomic E-state index is 0.0478. The van der Waals surface area contributed by atoms with Crippen LogP contribution in [-0.4, -0.2) is 35.4 Å². The fraction of sp³-hybridized carbons (Fsp3) is 0.810. The van der Waals surface area contributed by atoms with Gasteiger partial charge < -0.3 is 14.6 Å². The Kier molecular flexibility index (Phi) is 3.79. The zero-order chi connectivity index (χ0) is 19.1. The highest BCUT2D eigenvalue weighted by atomic mass is 16.7. The molecule has 0 unspecified atom stereocenters. The molecule has 0 spiro atoms. The summed E-state index contributed by atoms with van der Waals surface area (Å²) in [5, 5.41) is 11.7. The van der Waals surface area contributed by atoms with Gasteiger partial charge in [-0.15, -0.1) is 0 Å². The Morgan fingerprint density at radius 2 is 2.04 bits per heavy atom. The summed E-state index contributed by atoms with van der Waals surface area (Å²) in [5.41, 5.74) is -1.06. The van der Waals surface area contributed by atoms with Crippen molar-refractivity contribution in [1.29, 1.82) is 0 Å². The molecule has 26 heavy (non-hydrogen) atoms. The molecule has 4 rings (SSSR count). The molecule has 2 saturated carbocycles. The third-order valence-electron chi connectivity index (χ3n) is 7.81. The van der Waals surface area contributed by atoms with Crippen molar-refractivity contribution in [1.82, 2.24) is 0 Å². The fourth-order valence-electron chi connectivity index (χ4n) is 6.57. The van der Waals surface area contributed by atoms with E-state index >= 15 is 0 Å². The Labute approximate surface area is 155 Å². The topological polar surface area (TPSA) is 72.8 Å². The molecule has 0 aromatic carbocycles. The minimum atomic E-state index is -1.39. The van der Waals surface area contributed by atoms with Crippen LogP contribution in [0.4, 0.5) is 0 Å². The Morgan fingerprint density at radius 3 is 2.65 bits per heavy atom. The molecule has 1 aliphatic heterocycles. The van der Waals surface area contributed by atoms with E-state index in [4.69, 9.17) is 9.47 Å². The van der Waals surface area contributed by atoms with Crippen LogP contribution in [0.25, 0.3) is 0 Å². The zero-order valence-electron chi connectivity index (χ0n) is 16.4. The van der Waals surface area contributed by atoms with Crippen LogP contribution in [0.1, 0.15) is 53.4 Å². The third-order valence-corrected chi connectivity index (χ3v) is 7.81. The van der Waals surface area contributed by atoms with Gasteiger partial charge in [-0.2, -0.15) is 0 Å². The van der Waals surface area contributed by atoms with Gasteiger partial charge >= 0.3 is 5.97 Å². The molecular weight excluding hydrogens is 332 g/mol. The molecule has 2 bridgehead atoms. The SMILES string of the molecule is COC(=O)C1=C[C@@]23C[C@H](C)CC[C@H]2[C@@]2(C)[C@@H]1C(=O)[C@H](C(C)C)C[C@@]2(O)O3. The fourth-order valence-corrected chi connectivity index (χ4v) is 6.57. The maximum Gasteiger partial charge on any atom is 0.334 e. The normalized spacial score (nSPS) is 49.7. The smallest absolute Gasteiger partial charge is 0.334 e. The number of carbonyl (C=O) groups excluding carboxylic acids is 2. The molecule has 1 heterocycles. The maximum absolute atomic E-state index is 13.5. The van der Waals surface area contributed by atoms with Gasteiger partial charge in [-0.3, -0.25) is 4.79 Å². The van der Waals surface area contributed by atoms with Gasteiger partial charge in [-0.1, -0.05) is 34.1 Å².